The van der Waals surface area contributed by atoms with Crippen LogP contribution >= 0.6 is 0 Å². The van der Waals surface area contributed by atoms with Gasteiger partial charge in [-0.2, -0.15) is 0 Å². The maximum Gasteiger partial charge on any atom is 0.0903 e. The fraction of sp³-hybridized carbons (Fsp3) is 1.00. The maximum atomic E-state index is 9.78. The molecule has 3 fully saturated rings. The monoisotopic (exact) mass is 1090 g/mol. The molecule has 76 heavy (non-hydrogen) atoms. The minimum absolute atomic E-state index is 0. The zero-order chi connectivity index (χ0) is 61.3. The van der Waals surface area contributed by atoms with Crippen LogP contribution in [0.3, 0.4) is 0 Å². The predicted molar refractivity (Wildman–Crippen MR) is 333 cm³/mol. The lowest BCUT2D eigenvalue weighted by Crippen LogP contribution is -2.47. The van der Waals surface area contributed by atoms with Crippen molar-refractivity contribution >= 4 is 0 Å². The summed E-state index contributed by atoms with van der Waals surface area (Å²) < 4.78 is 38.0. The van der Waals surface area contributed by atoms with Gasteiger partial charge in [0.05, 0.1) is 54.4 Å². The lowest BCUT2D eigenvalue weighted by atomic mass is 9.66. The number of hydrogen-bond acceptors (Lipinski definition) is 9. The summed E-state index contributed by atoms with van der Waals surface area (Å²) in [5.41, 5.74) is 2.15. The van der Waals surface area contributed by atoms with Gasteiger partial charge in [-0.15, -0.1) is 0 Å². The fourth-order valence-electron chi connectivity index (χ4n) is 12.2. The zero-order valence-electron chi connectivity index (χ0n) is 58.1. The van der Waals surface area contributed by atoms with E-state index in [1.165, 1.54) is 51.4 Å². The Kier molecular flexibility index (Phi) is 36.1. The van der Waals surface area contributed by atoms with Crippen molar-refractivity contribution in [2.45, 2.75) is 321 Å². The molecule has 0 unspecified atom stereocenters. The highest BCUT2D eigenvalue weighted by Gasteiger charge is 2.49. The van der Waals surface area contributed by atoms with Crippen molar-refractivity contribution in [1.29, 1.82) is 0 Å². The molecule has 0 saturated heterocycles. The molecule has 3 rings (SSSR count). The summed E-state index contributed by atoms with van der Waals surface area (Å²) in [6, 6.07) is 0. The second-order valence-corrected chi connectivity index (χ2v) is 33.2. The molecule has 9 heteroatoms. The molecule has 0 aromatic rings. The first-order valence-corrected chi connectivity index (χ1v) is 29.0. The third-order valence-corrected chi connectivity index (χ3v) is 16.1. The van der Waals surface area contributed by atoms with Crippen molar-refractivity contribution in [3.05, 3.63) is 0 Å². The van der Waals surface area contributed by atoms with Crippen LogP contribution in [0.4, 0.5) is 0 Å². The number of aliphatic hydroxyl groups excluding tert-OH is 2. The van der Waals surface area contributed by atoms with Crippen LogP contribution < -0.4 is 0 Å². The molecule has 466 valence electrons. The summed E-state index contributed by atoms with van der Waals surface area (Å²) in [4.78, 5) is 0. The number of rotatable bonds is 12. The van der Waals surface area contributed by atoms with Gasteiger partial charge >= 0.3 is 0 Å². The predicted octanol–water partition coefficient (Wildman–Crippen LogP) is 18.4. The van der Waals surface area contributed by atoms with E-state index in [4.69, 9.17) is 38.3 Å². The van der Waals surface area contributed by atoms with Gasteiger partial charge in [0, 0.05) is 49.8 Å². The number of methoxy groups -OCH3 is 7. The Labute approximate surface area is 478 Å². The Balaban J connectivity index is -0.000000258. The van der Waals surface area contributed by atoms with Crippen LogP contribution in [0, 0.1) is 59.6 Å². The lowest BCUT2D eigenvalue weighted by molar-refractivity contribution is -0.136. The Bertz CT molecular complexity index is 1360. The molecule has 3 aliphatic rings. The third-order valence-electron chi connectivity index (χ3n) is 16.1. The normalized spacial score (nSPS) is 19.0. The average Bonchev–Trinajstić information content (AvgIpc) is 4.07. The van der Waals surface area contributed by atoms with E-state index < -0.39 is 0 Å². The average molecular weight is 1090 g/mol. The molecule has 0 spiro atoms. The Morgan fingerprint density at radius 2 is 0.605 bits per heavy atom. The minimum Gasteiger partial charge on any atom is -0.393 e. The molecule has 0 aromatic carbocycles. The second-order valence-electron chi connectivity index (χ2n) is 33.2. The van der Waals surface area contributed by atoms with Crippen LogP contribution in [0.15, 0.2) is 0 Å². The molecule has 0 aromatic heterocycles. The molecule has 4 atom stereocenters. The SMILES string of the molecule is C.CC(C)(C)[C@@H](O)C1(C)CC1.COC(C(C)(C)C)C(C)(C)C.COC(C(C)(C)C)C(C)(C)C.COCC1(C(C)(C)C)CCCC1.CO[C@@H](C(C)(C)C)C(C)(C)OC.CO[C@H](C(C)(C)C)C(C)(C)OC.C[C@H](O)C1(C)CC1. The Morgan fingerprint density at radius 3 is 0.684 bits per heavy atom. The van der Waals surface area contributed by atoms with Crippen LogP contribution in [0.25, 0.3) is 0 Å². The van der Waals surface area contributed by atoms with E-state index in [0.29, 0.717) is 28.5 Å². The maximum absolute atomic E-state index is 9.78. The van der Waals surface area contributed by atoms with Gasteiger partial charge in [-0.3, -0.25) is 0 Å². The highest BCUT2D eigenvalue weighted by molar-refractivity contribution is 4.99. The zero-order valence-corrected chi connectivity index (χ0v) is 58.1. The summed E-state index contributed by atoms with van der Waals surface area (Å²) in [5.74, 6) is 0. The van der Waals surface area contributed by atoms with Crippen LogP contribution in [0.5, 0.6) is 0 Å². The standard InChI is InChI=1S/C11H22O.2C10H22O2.2C10H22O.C9H18O.C6H12O.CH4/c1-10(2,3)11(9-12-4)7-5-6-8-11;2*1-9(2,3)8(11-6)10(4,5)12-7;2*1-9(2,3)8(11-7)10(4,5)6;1-8(2,3)7(10)9(4)5-6-9;1-5(7)6(2)3-4-6;/h5-9H2,1-4H3;2*8H,1-7H3;2*8H,1-7H3;7,10H,5-6H2,1-4H3;5,7H,3-4H2,1-2H3;1H4/t;2*8-;;;7-;5-;/m.10..10./s1. The molecule has 2 N–H and O–H groups in total. The largest absolute Gasteiger partial charge is 0.393 e. The molecule has 0 aliphatic heterocycles. The van der Waals surface area contributed by atoms with Crippen molar-refractivity contribution < 1.29 is 43.4 Å². The van der Waals surface area contributed by atoms with Crippen LogP contribution in [-0.4, -0.2) is 114 Å². The highest BCUT2D eigenvalue weighted by Crippen LogP contribution is 2.53. The lowest BCUT2D eigenvalue weighted by Gasteiger charge is -2.41. The van der Waals surface area contributed by atoms with E-state index in [9.17, 15) is 5.11 Å². The Morgan fingerprint density at radius 1 is 0.368 bits per heavy atom. The first-order valence-electron chi connectivity index (χ1n) is 29.0. The molecular weight excluding hydrogens is 949 g/mol. The molecule has 0 bridgehead atoms. The first-order chi connectivity index (χ1) is 32.9. The molecule has 0 heterocycles. The van der Waals surface area contributed by atoms with Crippen molar-refractivity contribution in [2.75, 3.05) is 56.4 Å². The smallest absolute Gasteiger partial charge is 0.0903 e. The summed E-state index contributed by atoms with van der Waals surface area (Å²) in [7, 11) is 12.3. The van der Waals surface area contributed by atoms with Gasteiger partial charge in [-0.25, -0.2) is 0 Å². The number of ether oxygens (including phenoxy) is 7. The van der Waals surface area contributed by atoms with E-state index in [1.54, 1.807) is 42.7 Å². The molecule has 3 aliphatic carbocycles. The molecule has 9 nitrogen and oxygen atoms in total. The van der Waals surface area contributed by atoms with E-state index >= 15 is 0 Å². The summed E-state index contributed by atoms with van der Waals surface area (Å²) in [6.45, 7) is 68.1. The van der Waals surface area contributed by atoms with Gasteiger partial charge in [-0.1, -0.05) is 200 Å². The molecule has 0 amide bonds. The van der Waals surface area contributed by atoms with Gasteiger partial charge in [0.1, 0.15) is 0 Å². The molecule has 3 saturated carbocycles. The van der Waals surface area contributed by atoms with Crippen molar-refractivity contribution in [3.63, 3.8) is 0 Å². The van der Waals surface area contributed by atoms with Gasteiger partial charge in [-0.05, 0) is 133 Å². The van der Waals surface area contributed by atoms with Gasteiger partial charge in [0.25, 0.3) is 0 Å². The van der Waals surface area contributed by atoms with Crippen LogP contribution in [-0.2, 0) is 33.2 Å². The van der Waals surface area contributed by atoms with Gasteiger partial charge in [0.15, 0.2) is 0 Å². The van der Waals surface area contributed by atoms with E-state index in [-0.39, 0.29) is 86.4 Å². The van der Waals surface area contributed by atoms with E-state index in [2.05, 4.69) is 180 Å². The Hall–Kier alpha value is -0.360. The quantitative estimate of drug-likeness (QED) is 0.198. The first kappa shape index (κ1) is 84.4. The summed E-state index contributed by atoms with van der Waals surface area (Å²) >= 11 is 0. The van der Waals surface area contributed by atoms with Gasteiger partial charge < -0.3 is 43.4 Å². The molecular formula is C67H144O9. The van der Waals surface area contributed by atoms with E-state index in [0.717, 1.165) is 6.61 Å². The van der Waals surface area contributed by atoms with Gasteiger partial charge in [0.2, 0.25) is 0 Å². The van der Waals surface area contributed by atoms with Crippen molar-refractivity contribution in [1.82, 2.24) is 0 Å². The summed E-state index contributed by atoms with van der Waals surface area (Å²) in [6.07, 6.45) is 10.9. The number of hydrogen-bond donors (Lipinski definition) is 2. The summed E-state index contributed by atoms with van der Waals surface area (Å²) in [5, 5.41) is 18.7. The van der Waals surface area contributed by atoms with Crippen molar-refractivity contribution in [2.24, 2.45) is 59.6 Å². The van der Waals surface area contributed by atoms with E-state index in [1.807, 2.05) is 41.7 Å². The second kappa shape index (κ2) is 32.5. The van der Waals surface area contributed by atoms with Crippen LogP contribution in [0.1, 0.15) is 273 Å². The third kappa shape index (κ3) is 31.2. The van der Waals surface area contributed by atoms with Crippen LogP contribution in [0.2, 0.25) is 0 Å². The molecule has 0 radical (unpaired) electrons. The fourth-order valence-corrected chi connectivity index (χ4v) is 12.2. The topological polar surface area (TPSA) is 105 Å². The highest BCUT2D eigenvalue weighted by atomic mass is 16.5. The minimum atomic E-state index is -0.229. The number of aliphatic hydroxyl groups is 2. The van der Waals surface area contributed by atoms with Crippen molar-refractivity contribution in [3.8, 4) is 0 Å².